The first-order chi connectivity index (χ1) is 9.92. The summed E-state index contributed by atoms with van der Waals surface area (Å²) in [4.78, 5) is 10.5. The zero-order valence-corrected chi connectivity index (χ0v) is 12.9. The van der Waals surface area contributed by atoms with Crippen molar-refractivity contribution in [2.75, 3.05) is 0 Å². The van der Waals surface area contributed by atoms with Crippen LogP contribution in [0.4, 0.5) is 13.2 Å². The Balaban J connectivity index is 3.12. The number of allylic oxidation sites excluding steroid dienone is 1. The molecular weight excluding hydrogens is 281 g/mol. The third-order valence-electron chi connectivity index (χ3n) is 3.16. The van der Waals surface area contributed by atoms with E-state index in [1.807, 2.05) is 6.08 Å². The average Bonchev–Trinajstić information content (AvgIpc) is 2.37. The second-order valence-electron chi connectivity index (χ2n) is 5.32. The van der Waals surface area contributed by atoms with Gasteiger partial charge in [-0.15, -0.1) is 0 Å². The van der Waals surface area contributed by atoms with Gasteiger partial charge in [-0.1, -0.05) is 44.9 Å². The van der Waals surface area contributed by atoms with Crippen LogP contribution >= 0.6 is 0 Å². The maximum Gasteiger partial charge on any atom is 0.389 e. The normalized spacial score (nSPS) is 12.0. The van der Waals surface area contributed by atoms with Gasteiger partial charge in [0.25, 0.3) is 0 Å². The molecule has 0 aromatic heterocycles. The van der Waals surface area contributed by atoms with Crippen molar-refractivity contribution >= 4 is 5.97 Å². The van der Waals surface area contributed by atoms with Gasteiger partial charge in [0.1, 0.15) is 0 Å². The van der Waals surface area contributed by atoms with E-state index in [0.29, 0.717) is 6.42 Å². The molecule has 5 heteroatoms. The molecular formula is C16H27F3O2. The molecule has 0 spiro atoms. The van der Waals surface area contributed by atoms with E-state index in [1.54, 1.807) is 0 Å². The fraction of sp³-hybridized carbons (Fsp3) is 0.812. The van der Waals surface area contributed by atoms with Crippen LogP contribution in [0.25, 0.3) is 0 Å². The molecule has 0 radical (unpaired) electrons. The molecule has 0 fully saturated rings. The van der Waals surface area contributed by atoms with Crippen molar-refractivity contribution in [1.82, 2.24) is 0 Å². The van der Waals surface area contributed by atoms with Crippen LogP contribution in [0, 0.1) is 0 Å². The Bertz CT molecular complexity index is 286. The van der Waals surface area contributed by atoms with Crippen molar-refractivity contribution < 1.29 is 22.7 Å². The molecule has 0 aliphatic rings. The summed E-state index contributed by atoms with van der Waals surface area (Å²) in [6.07, 6.45) is 8.05. The number of hydrogen-bond acceptors (Lipinski definition) is 2. The molecule has 0 aromatic carbocycles. The van der Waals surface area contributed by atoms with Crippen molar-refractivity contribution in [3.63, 3.8) is 0 Å². The molecule has 21 heavy (non-hydrogen) atoms. The van der Waals surface area contributed by atoms with Gasteiger partial charge >= 0.3 is 12.1 Å². The molecule has 0 atom stereocenters. The van der Waals surface area contributed by atoms with Crippen LogP contribution in [0.1, 0.15) is 77.6 Å². The Kier molecular flexibility index (Phi) is 12.1. The molecule has 0 amide bonds. The minimum absolute atomic E-state index is 0.262. The lowest BCUT2D eigenvalue weighted by Gasteiger charge is -2.05. The molecule has 0 heterocycles. The largest absolute Gasteiger partial charge is 0.435 e. The topological polar surface area (TPSA) is 26.3 Å². The molecule has 0 N–H and O–H groups in total. The summed E-state index contributed by atoms with van der Waals surface area (Å²) in [6, 6.07) is 0. The van der Waals surface area contributed by atoms with Crippen molar-refractivity contribution in [3.05, 3.63) is 12.3 Å². The van der Waals surface area contributed by atoms with E-state index in [-0.39, 0.29) is 12.4 Å². The number of alkyl halides is 3. The number of carbonyl (C=O) groups is 1. The van der Waals surface area contributed by atoms with Gasteiger partial charge in [-0.05, 0) is 25.3 Å². The summed E-state index contributed by atoms with van der Waals surface area (Å²) in [5.41, 5.74) is 0. The van der Waals surface area contributed by atoms with Crippen LogP contribution in [-0.2, 0) is 9.53 Å². The molecule has 0 aliphatic carbocycles. The van der Waals surface area contributed by atoms with Gasteiger partial charge in [0.2, 0.25) is 0 Å². The van der Waals surface area contributed by atoms with Crippen molar-refractivity contribution in [3.8, 4) is 0 Å². The quantitative estimate of drug-likeness (QED) is 0.254. The first-order valence-corrected chi connectivity index (χ1v) is 7.81. The molecule has 0 rings (SSSR count). The number of esters is 1. The Labute approximate surface area is 125 Å². The van der Waals surface area contributed by atoms with Crippen molar-refractivity contribution in [1.29, 1.82) is 0 Å². The average molecular weight is 308 g/mol. The maximum atomic E-state index is 11.9. The number of hydrogen-bond donors (Lipinski definition) is 0. The van der Waals surface area contributed by atoms with Crippen LogP contribution in [0.5, 0.6) is 0 Å². The minimum Gasteiger partial charge on any atom is -0.435 e. The van der Waals surface area contributed by atoms with Crippen molar-refractivity contribution in [2.45, 2.75) is 83.7 Å². The summed E-state index contributed by atoms with van der Waals surface area (Å²) >= 11 is 0. The fourth-order valence-electron chi connectivity index (χ4n) is 2.04. The summed E-state index contributed by atoms with van der Waals surface area (Å²) < 4.78 is 40.3. The number of unbranched alkanes of at least 4 members (excludes halogenated alkanes) is 9. The van der Waals surface area contributed by atoms with E-state index in [4.69, 9.17) is 0 Å². The van der Waals surface area contributed by atoms with E-state index in [1.165, 1.54) is 13.2 Å². The molecule has 0 saturated carbocycles. The Morgan fingerprint density at radius 3 is 1.86 bits per heavy atom. The van der Waals surface area contributed by atoms with Gasteiger partial charge in [-0.2, -0.15) is 13.2 Å². The highest BCUT2D eigenvalue weighted by Gasteiger charge is 2.25. The third-order valence-corrected chi connectivity index (χ3v) is 3.16. The molecule has 0 bridgehead atoms. The molecule has 0 aromatic rings. The van der Waals surface area contributed by atoms with Crippen LogP contribution in [0.2, 0.25) is 0 Å². The number of carbonyl (C=O) groups excluding carboxylic acids is 1. The van der Waals surface area contributed by atoms with Gasteiger partial charge in [0.15, 0.2) is 0 Å². The lowest BCUT2D eigenvalue weighted by Crippen LogP contribution is -2.06. The molecule has 2 nitrogen and oxygen atoms in total. The highest BCUT2D eigenvalue weighted by Crippen LogP contribution is 2.23. The predicted molar refractivity (Wildman–Crippen MR) is 77.7 cm³/mol. The summed E-state index contributed by atoms with van der Waals surface area (Å²) in [6.45, 7) is 1.37. The monoisotopic (exact) mass is 308 g/mol. The lowest BCUT2D eigenvalue weighted by molar-refractivity contribution is -0.136. The highest BCUT2D eigenvalue weighted by atomic mass is 19.4. The van der Waals surface area contributed by atoms with E-state index >= 15 is 0 Å². The van der Waals surface area contributed by atoms with Gasteiger partial charge in [-0.25, -0.2) is 0 Å². The third kappa shape index (κ3) is 19.0. The maximum absolute atomic E-state index is 11.9. The zero-order valence-electron chi connectivity index (χ0n) is 12.9. The summed E-state index contributed by atoms with van der Waals surface area (Å²) in [7, 11) is 0. The summed E-state index contributed by atoms with van der Waals surface area (Å²) in [5.74, 6) is -0.304. The minimum atomic E-state index is -4.00. The van der Waals surface area contributed by atoms with E-state index < -0.39 is 12.6 Å². The van der Waals surface area contributed by atoms with E-state index in [9.17, 15) is 18.0 Å². The molecule has 0 saturated heterocycles. The SMILES string of the molecule is CC(=O)O/C=C\CCCCCCCCCCCC(F)(F)F. The highest BCUT2D eigenvalue weighted by molar-refractivity contribution is 5.66. The molecule has 124 valence electrons. The van der Waals surface area contributed by atoms with Crippen LogP contribution in [-0.4, -0.2) is 12.1 Å². The second-order valence-corrected chi connectivity index (χ2v) is 5.32. The number of ether oxygens (including phenoxy) is 1. The fourth-order valence-corrected chi connectivity index (χ4v) is 2.04. The standard InChI is InChI=1S/C16H27F3O2/c1-15(20)21-14-12-10-8-6-4-2-3-5-7-9-11-13-16(17,18)19/h12,14H,2-11,13H2,1H3/b14-12-. The smallest absolute Gasteiger partial charge is 0.389 e. The van der Waals surface area contributed by atoms with Crippen LogP contribution in [0.3, 0.4) is 0 Å². The number of halogens is 3. The van der Waals surface area contributed by atoms with Gasteiger partial charge in [-0.3, -0.25) is 4.79 Å². The van der Waals surface area contributed by atoms with E-state index in [0.717, 1.165) is 51.4 Å². The Hall–Kier alpha value is -1.00. The molecule has 0 unspecified atom stereocenters. The summed E-state index contributed by atoms with van der Waals surface area (Å²) in [5, 5.41) is 0. The van der Waals surface area contributed by atoms with E-state index in [2.05, 4.69) is 4.74 Å². The van der Waals surface area contributed by atoms with Gasteiger partial charge in [0.05, 0.1) is 6.26 Å². The lowest BCUT2D eigenvalue weighted by atomic mass is 10.1. The van der Waals surface area contributed by atoms with Crippen LogP contribution in [0.15, 0.2) is 12.3 Å². The molecule has 0 aliphatic heterocycles. The first-order valence-electron chi connectivity index (χ1n) is 7.81. The predicted octanol–water partition coefficient (Wildman–Crippen LogP) is 5.92. The van der Waals surface area contributed by atoms with Crippen LogP contribution < -0.4 is 0 Å². The Morgan fingerprint density at radius 2 is 1.38 bits per heavy atom. The first kappa shape index (κ1) is 20.0. The van der Waals surface area contributed by atoms with Gasteiger partial charge < -0.3 is 4.74 Å². The zero-order chi connectivity index (χ0) is 16.0. The second kappa shape index (κ2) is 12.7. The number of rotatable bonds is 12. The van der Waals surface area contributed by atoms with Crippen molar-refractivity contribution in [2.24, 2.45) is 0 Å². The Morgan fingerprint density at radius 1 is 0.905 bits per heavy atom. The van der Waals surface area contributed by atoms with Gasteiger partial charge in [0, 0.05) is 13.3 Å².